The van der Waals surface area contributed by atoms with Gasteiger partial charge in [0.05, 0.1) is 22.2 Å². The fraction of sp³-hybridized carbons (Fsp3) is 0.0690. The zero-order chi connectivity index (χ0) is 23.5. The Bertz CT molecular complexity index is 1450. The molecular weight excluding hydrogens is 633 g/mol. The van der Waals surface area contributed by atoms with Crippen LogP contribution in [0.2, 0.25) is 0 Å². The number of rotatable bonds is 5. The monoisotopic (exact) mass is 655 g/mol. The van der Waals surface area contributed by atoms with E-state index in [1.54, 1.807) is 30.1 Å². The van der Waals surface area contributed by atoms with Gasteiger partial charge < -0.3 is 5.11 Å². The molecule has 1 N–H and O–H groups in total. The zero-order valence-corrected chi connectivity index (χ0v) is 22.3. The van der Waals surface area contributed by atoms with Crippen molar-refractivity contribution in [2.45, 2.75) is 23.8 Å². The summed E-state index contributed by atoms with van der Waals surface area (Å²) in [6, 6.07) is 30.6. The van der Waals surface area contributed by atoms with Crippen molar-refractivity contribution >= 4 is 11.8 Å². The van der Waals surface area contributed by atoms with Gasteiger partial charge in [-0.05, 0) is 55.3 Å². The summed E-state index contributed by atoms with van der Waals surface area (Å²) < 4.78 is 0. The van der Waals surface area contributed by atoms with E-state index in [4.69, 9.17) is 9.97 Å². The van der Waals surface area contributed by atoms with Gasteiger partial charge in [-0.25, -0.2) is 4.98 Å². The van der Waals surface area contributed by atoms with E-state index in [2.05, 4.69) is 37.0 Å². The predicted octanol–water partition coefficient (Wildman–Crippen LogP) is 7.14. The molecule has 0 unspecified atom stereocenters. The molecule has 4 nitrogen and oxygen atoms in total. The Kier molecular flexibility index (Phi) is 7.79. The third-order valence-corrected chi connectivity index (χ3v) is 6.41. The van der Waals surface area contributed by atoms with E-state index < -0.39 is 0 Å². The fourth-order valence-corrected chi connectivity index (χ4v) is 4.69. The van der Waals surface area contributed by atoms with Crippen LogP contribution in [-0.2, 0) is 21.1 Å². The third-order valence-electron chi connectivity index (χ3n) is 5.50. The Morgan fingerprint density at radius 1 is 0.771 bits per heavy atom. The average Bonchev–Trinajstić information content (AvgIpc) is 2.85. The van der Waals surface area contributed by atoms with Gasteiger partial charge in [-0.3, -0.25) is 9.97 Å². The summed E-state index contributed by atoms with van der Waals surface area (Å²) in [5.41, 5.74) is 6.27. The van der Waals surface area contributed by atoms with Gasteiger partial charge >= 0.3 is 0 Å². The van der Waals surface area contributed by atoms with Crippen molar-refractivity contribution in [1.29, 1.82) is 0 Å². The maximum atomic E-state index is 10.5. The average molecular weight is 656 g/mol. The standard InChI is InChI=1S/C29H22N3OS.Pt/c1-19-9-7-10-20(2)28(19)25-18-24(23-13-3-4-14-26(23)33)31-29(32-25)21-11-8-12-22(17-21)34-27-15-5-6-16-30-27;/h3-16,18,33H,1-2H3;/q-1;. The molecule has 2 heterocycles. The van der Waals surface area contributed by atoms with Crippen molar-refractivity contribution in [1.82, 2.24) is 15.0 Å². The second-order valence-corrected chi connectivity index (χ2v) is 9.01. The first-order chi connectivity index (χ1) is 16.6. The molecule has 0 fully saturated rings. The first-order valence-corrected chi connectivity index (χ1v) is 11.8. The molecule has 0 saturated heterocycles. The third kappa shape index (κ3) is 5.53. The van der Waals surface area contributed by atoms with Crippen molar-refractivity contribution in [2.24, 2.45) is 0 Å². The number of aromatic nitrogens is 3. The largest absolute Gasteiger partial charge is 0.507 e. The molecule has 0 saturated carbocycles. The van der Waals surface area contributed by atoms with Crippen molar-refractivity contribution in [3.63, 3.8) is 0 Å². The number of aromatic hydroxyl groups is 1. The van der Waals surface area contributed by atoms with Gasteiger partial charge in [0.2, 0.25) is 0 Å². The van der Waals surface area contributed by atoms with E-state index in [1.165, 1.54) is 0 Å². The topological polar surface area (TPSA) is 58.9 Å². The summed E-state index contributed by atoms with van der Waals surface area (Å²) in [4.78, 5) is 15.1. The number of para-hydroxylation sites is 1. The molecule has 0 atom stereocenters. The van der Waals surface area contributed by atoms with Crippen LogP contribution >= 0.6 is 11.8 Å². The van der Waals surface area contributed by atoms with Crippen LogP contribution < -0.4 is 0 Å². The first-order valence-electron chi connectivity index (χ1n) is 10.9. The number of phenolic OH excluding ortho intramolecular Hbond substituents is 1. The van der Waals surface area contributed by atoms with E-state index in [-0.39, 0.29) is 26.8 Å². The summed E-state index contributed by atoms with van der Waals surface area (Å²) in [6.45, 7) is 4.17. The van der Waals surface area contributed by atoms with Crippen LogP contribution in [0.5, 0.6) is 5.75 Å². The molecule has 5 rings (SSSR count). The van der Waals surface area contributed by atoms with Crippen LogP contribution in [0.4, 0.5) is 0 Å². The normalized spacial score (nSPS) is 10.6. The predicted molar refractivity (Wildman–Crippen MR) is 137 cm³/mol. The summed E-state index contributed by atoms with van der Waals surface area (Å²) in [6.07, 6.45) is 1.78. The van der Waals surface area contributed by atoms with E-state index in [0.29, 0.717) is 17.1 Å². The van der Waals surface area contributed by atoms with Gasteiger partial charge in [-0.15, -0.1) is 29.8 Å². The Balaban J connectivity index is 0.00000289. The minimum Gasteiger partial charge on any atom is -0.507 e. The van der Waals surface area contributed by atoms with Gasteiger partial charge in [0.15, 0.2) is 0 Å². The number of pyridine rings is 1. The van der Waals surface area contributed by atoms with Gasteiger partial charge in [0.25, 0.3) is 0 Å². The molecular formula is C29H22N3OPtS-. The SMILES string of the molecule is Cc1cccc(C)c1-c1cc(-c2ccccc2O)nc(-c2[c-]c(Sc3ccccn3)ccc2)n1.[Pt]. The molecule has 0 aliphatic rings. The number of benzene rings is 3. The Morgan fingerprint density at radius 2 is 1.49 bits per heavy atom. The smallest absolute Gasteiger partial charge is 0.124 e. The van der Waals surface area contributed by atoms with Crippen LogP contribution in [0.15, 0.2) is 101 Å². The molecule has 0 amide bonds. The molecule has 0 radical (unpaired) electrons. The van der Waals surface area contributed by atoms with E-state index in [9.17, 15) is 5.11 Å². The molecule has 2 aromatic heterocycles. The van der Waals surface area contributed by atoms with Crippen LogP contribution in [0.25, 0.3) is 33.9 Å². The van der Waals surface area contributed by atoms with Crippen LogP contribution in [0, 0.1) is 19.9 Å². The first kappa shape index (κ1) is 24.8. The molecule has 3 aromatic carbocycles. The molecule has 6 heteroatoms. The number of aryl methyl sites for hydroxylation is 2. The van der Waals surface area contributed by atoms with Crippen molar-refractivity contribution < 1.29 is 26.2 Å². The molecule has 0 aliphatic heterocycles. The maximum Gasteiger partial charge on any atom is 0.124 e. The Morgan fingerprint density at radius 3 is 2.23 bits per heavy atom. The number of hydrogen-bond donors (Lipinski definition) is 1. The van der Waals surface area contributed by atoms with E-state index >= 15 is 0 Å². The number of phenols is 1. The fourth-order valence-electron chi connectivity index (χ4n) is 3.90. The molecule has 5 aromatic rings. The quantitative estimate of drug-likeness (QED) is 0.204. The maximum absolute atomic E-state index is 10.5. The minimum atomic E-state index is 0. The molecule has 176 valence electrons. The summed E-state index contributed by atoms with van der Waals surface area (Å²) in [5.74, 6) is 0.741. The molecule has 0 bridgehead atoms. The summed E-state index contributed by atoms with van der Waals surface area (Å²) in [7, 11) is 0. The zero-order valence-electron chi connectivity index (χ0n) is 19.2. The second kappa shape index (κ2) is 11.0. The van der Waals surface area contributed by atoms with Gasteiger partial charge in [0.1, 0.15) is 5.75 Å². The van der Waals surface area contributed by atoms with Gasteiger partial charge in [-0.2, -0.15) is 0 Å². The van der Waals surface area contributed by atoms with E-state index in [1.807, 2.05) is 60.7 Å². The van der Waals surface area contributed by atoms with Gasteiger partial charge in [0, 0.05) is 38.4 Å². The van der Waals surface area contributed by atoms with Crippen LogP contribution in [-0.4, -0.2) is 20.1 Å². The van der Waals surface area contributed by atoms with Crippen molar-refractivity contribution in [2.75, 3.05) is 0 Å². The van der Waals surface area contributed by atoms with Crippen LogP contribution in [0.3, 0.4) is 0 Å². The summed E-state index contributed by atoms with van der Waals surface area (Å²) in [5, 5.41) is 11.4. The molecule has 0 aliphatic carbocycles. The van der Waals surface area contributed by atoms with Gasteiger partial charge in [-0.1, -0.05) is 53.1 Å². The van der Waals surface area contributed by atoms with E-state index in [0.717, 1.165) is 37.9 Å². The second-order valence-electron chi connectivity index (χ2n) is 7.94. The number of nitrogens with zero attached hydrogens (tertiary/aromatic N) is 3. The Labute approximate surface area is 223 Å². The van der Waals surface area contributed by atoms with Crippen molar-refractivity contribution in [3.8, 4) is 39.7 Å². The van der Waals surface area contributed by atoms with Crippen molar-refractivity contribution in [3.05, 3.63) is 108 Å². The molecule has 0 spiro atoms. The van der Waals surface area contributed by atoms with Crippen LogP contribution in [0.1, 0.15) is 11.1 Å². The minimum absolute atomic E-state index is 0. The molecule has 35 heavy (non-hydrogen) atoms. The Hall–Kier alpha value is -3.27. The summed E-state index contributed by atoms with van der Waals surface area (Å²) >= 11 is 1.54. The number of hydrogen-bond acceptors (Lipinski definition) is 5.